The summed E-state index contributed by atoms with van der Waals surface area (Å²) in [7, 11) is 3.10. The molecule has 8 nitrogen and oxygen atoms in total. The molecule has 4 aromatic rings. The summed E-state index contributed by atoms with van der Waals surface area (Å²) in [6.45, 7) is 3.87. The smallest absolute Gasteiger partial charge is 0.272 e. The molecule has 1 unspecified atom stereocenters. The molecule has 3 N–H and O–H groups in total. The first-order valence-corrected chi connectivity index (χ1v) is 14.9. The number of thioether (sulfide) groups is 1. The van der Waals surface area contributed by atoms with Crippen molar-refractivity contribution >= 4 is 46.9 Å². The van der Waals surface area contributed by atoms with Crippen LogP contribution in [0.15, 0.2) is 108 Å². The fourth-order valence-corrected chi connectivity index (χ4v) is 5.31. The molecule has 4 aromatic carbocycles. The van der Waals surface area contributed by atoms with Gasteiger partial charge in [-0.1, -0.05) is 55.5 Å². The van der Waals surface area contributed by atoms with Crippen molar-refractivity contribution in [3.8, 4) is 11.5 Å². The number of rotatable bonds is 12. The number of amides is 3. The molecule has 0 radical (unpaired) electrons. The molecule has 0 fully saturated rings. The summed E-state index contributed by atoms with van der Waals surface area (Å²) in [6.07, 6.45) is 2.23. The van der Waals surface area contributed by atoms with Gasteiger partial charge < -0.3 is 25.4 Å². The zero-order valence-corrected chi connectivity index (χ0v) is 25.9. The van der Waals surface area contributed by atoms with Crippen LogP contribution in [0.2, 0.25) is 0 Å². The minimum Gasteiger partial charge on any atom is -0.497 e. The molecule has 0 bridgehead atoms. The van der Waals surface area contributed by atoms with E-state index < -0.39 is 17.1 Å². The summed E-state index contributed by atoms with van der Waals surface area (Å²) < 4.78 is 10.7. The highest BCUT2D eigenvalue weighted by Crippen LogP contribution is 2.32. The number of benzene rings is 4. The molecular formula is C35H35N3O5S. The van der Waals surface area contributed by atoms with Crippen molar-refractivity contribution in [1.29, 1.82) is 0 Å². The van der Waals surface area contributed by atoms with Gasteiger partial charge in [0.25, 0.3) is 11.8 Å². The first-order chi connectivity index (χ1) is 21.3. The van der Waals surface area contributed by atoms with Crippen LogP contribution in [0.4, 0.5) is 11.4 Å². The molecule has 4 rings (SSSR count). The van der Waals surface area contributed by atoms with Crippen molar-refractivity contribution in [2.45, 2.75) is 30.4 Å². The van der Waals surface area contributed by atoms with Gasteiger partial charge in [0, 0.05) is 22.2 Å². The van der Waals surface area contributed by atoms with Gasteiger partial charge in [0.2, 0.25) is 5.91 Å². The monoisotopic (exact) mass is 609 g/mol. The lowest BCUT2D eigenvalue weighted by atomic mass is 10.1. The van der Waals surface area contributed by atoms with Gasteiger partial charge in [0.05, 0.1) is 25.2 Å². The normalized spacial score (nSPS) is 11.7. The van der Waals surface area contributed by atoms with Crippen LogP contribution in [0.1, 0.15) is 34.8 Å². The van der Waals surface area contributed by atoms with Gasteiger partial charge >= 0.3 is 0 Å². The van der Waals surface area contributed by atoms with Gasteiger partial charge in [-0.05, 0) is 73.0 Å². The number of methoxy groups -OCH3 is 2. The lowest BCUT2D eigenvalue weighted by molar-refractivity contribution is -0.116. The minimum absolute atomic E-state index is 0.102. The molecule has 0 aromatic heterocycles. The molecule has 0 spiro atoms. The van der Waals surface area contributed by atoms with Crippen LogP contribution in [0.3, 0.4) is 0 Å². The first kappa shape index (κ1) is 31.9. The summed E-state index contributed by atoms with van der Waals surface area (Å²) >= 11 is 1.39. The Labute approximate surface area is 261 Å². The average molecular weight is 610 g/mol. The van der Waals surface area contributed by atoms with Crippen molar-refractivity contribution in [2.75, 3.05) is 24.9 Å². The lowest BCUT2D eigenvalue weighted by Gasteiger charge is -2.17. The van der Waals surface area contributed by atoms with Crippen LogP contribution in [-0.2, 0) is 9.59 Å². The zero-order chi connectivity index (χ0) is 31.5. The Morgan fingerprint density at radius 1 is 0.841 bits per heavy atom. The predicted octanol–water partition coefficient (Wildman–Crippen LogP) is 6.93. The summed E-state index contributed by atoms with van der Waals surface area (Å²) in [5, 5.41) is 8.21. The highest BCUT2D eigenvalue weighted by atomic mass is 32.2. The van der Waals surface area contributed by atoms with Crippen molar-refractivity contribution in [2.24, 2.45) is 0 Å². The summed E-state index contributed by atoms with van der Waals surface area (Å²) in [5.74, 6) is 0.0709. The largest absolute Gasteiger partial charge is 0.497 e. The van der Waals surface area contributed by atoms with Gasteiger partial charge in [-0.3, -0.25) is 14.4 Å². The summed E-state index contributed by atoms with van der Waals surface area (Å²) in [5.41, 5.74) is 3.37. The maximum Gasteiger partial charge on any atom is 0.272 e. The Kier molecular flexibility index (Phi) is 11.2. The third kappa shape index (κ3) is 8.52. The topological polar surface area (TPSA) is 106 Å². The maximum absolute atomic E-state index is 13.5. The Hall–Kier alpha value is -5.02. The molecule has 9 heteroatoms. The molecule has 0 aliphatic heterocycles. The number of hydrogen-bond donors (Lipinski definition) is 3. The van der Waals surface area contributed by atoms with E-state index in [-0.39, 0.29) is 11.6 Å². The van der Waals surface area contributed by atoms with Gasteiger partial charge in [0.1, 0.15) is 17.2 Å². The first-order valence-electron chi connectivity index (χ1n) is 14.1. The summed E-state index contributed by atoms with van der Waals surface area (Å²) in [6, 6.07) is 28.8. The Balaban J connectivity index is 1.50. The number of aryl methyl sites for hydroxylation is 1. The number of anilines is 2. The maximum atomic E-state index is 13.5. The van der Waals surface area contributed by atoms with Crippen molar-refractivity contribution < 1.29 is 23.9 Å². The number of ether oxygens (including phenoxy) is 2. The van der Waals surface area contributed by atoms with Crippen molar-refractivity contribution in [3.05, 3.63) is 119 Å². The second-order valence-electron chi connectivity index (χ2n) is 9.79. The van der Waals surface area contributed by atoms with Crippen molar-refractivity contribution in [3.63, 3.8) is 0 Å². The standard InChI is InChI=1S/C35H35N3O5S/c1-5-32(35(41)37-29-19-18-27(42-3)22-31(29)43-4)44-28-17-11-16-26(21-28)36-34(40)30(20-25-15-10-9-12-23(25)2)38-33(39)24-13-7-6-8-14-24/h6-22,32H,5H2,1-4H3,(H,36,40)(H,37,41)(H,38,39)/b30-20-. The number of nitrogens with one attached hydrogen (secondary N) is 3. The van der Waals surface area contributed by atoms with Crippen LogP contribution >= 0.6 is 11.8 Å². The van der Waals surface area contributed by atoms with E-state index in [1.165, 1.54) is 18.9 Å². The van der Waals surface area contributed by atoms with Crippen LogP contribution in [-0.4, -0.2) is 37.2 Å². The molecule has 0 saturated heterocycles. The lowest BCUT2D eigenvalue weighted by Crippen LogP contribution is -2.30. The molecule has 0 saturated carbocycles. The van der Waals surface area contributed by atoms with Gasteiger partial charge in [0.15, 0.2) is 0 Å². The van der Waals surface area contributed by atoms with Crippen LogP contribution in [0.5, 0.6) is 11.5 Å². The average Bonchev–Trinajstić information content (AvgIpc) is 3.04. The fourth-order valence-electron chi connectivity index (χ4n) is 4.29. The van der Waals surface area contributed by atoms with E-state index in [1.807, 2.05) is 56.3 Å². The van der Waals surface area contributed by atoms with E-state index in [0.717, 1.165) is 16.0 Å². The van der Waals surface area contributed by atoms with E-state index in [0.29, 0.717) is 34.9 Å². The van der Waals surface area contributed by atoms with E-state index in [2.05, 4.69) is 16.0 Å². The van der Waals surface area contributed by atoms with Gasteiger partial charge in [-0.25, -0.2) is 0 Å². The molecule has 0 heterocycles. The number of carbonyl (C=O) groups is 3. The minimum atomic E-state index is -0.476. The van der Waals surface area contributed by atoms with Gasteiger partial charge in [-0.2, -0.15) is 0 Å². The molecule has 44 heavy (non-hydrogen) atoms. The van der Waals surface area contributed by atoms with E-state index >= 15 is 0 Å². The Bertz CT molecular complexity index is 1660. The third-order valence-corrected chi connectivity index (χ3v) is 8.08. The second-order valence-corrected chi connectivity index (χ2v) is 11.1. The fraction of sp³-hybridized carbons (Fsp3) is 0.171. The zero-order valence-electron chi connectivity index (χ0n) is 25.0. The highest BCUT2D eigenvalue weighted by Gasteiger charge is 2.21. The van der Waals surface area contributed by atoms with E-state index in [9.17, 15) is 14.4 Å². The predicted molar refractivity (Wildman–Crippen MR) is 176 cm³/mol. The second kappa shape index (κ2) is 15.5. The molecular weight excluding hydrogens is 574 g/mol. The van der Waals surface area contributed by atoms with Crippen LogP contribution in [0.25, 0.3) is 6.08 Å². The summed E-state index contributed by atoms with van der Waals surface area (Å²) in [4.78, 5) is 40.5. The van der Waals surface area contributed by atoms with Crippen molar-refractivity contribution in [1.82, 2.24) is 5.32 Å². The van der Waals surface area contributed by atoms with E-state index in [4.69, 9.17) is 9.47 Å². The molecule has 1 atom stereocenters. The van der Waals surface area contributed by atoms with Crippen LogP contribution in [0, 0.1) is 6.92 Å². The Morgan fingerprint density at radius 2 is 1.59 bits per heavy atom. The quantitative estimate of drug-likeness (QED) is 0.119. The van der Waals surface area contributed by atoms with E-state index in [1.54, 1.807) is 67.8 Å². The SMILES string of the molecule is CCC(Sc1cccc(NC(=O)/C(=C/c2ccccc2C)NC(=O)c2ccccc2)c1)C(=O)Nc1ccc(OC)cc1OC. The van der Waals surface area contributed by atoms with Crippen LogP contribution < -0.4 is 25.4 Å². The molecule has 0 aliphatic rings. The number of carbonyl (C=O) groups excluding carboxylic acids is 3. The molecule has 226 valence electrons. The number of hydrogen-bond acceptors (Lipinski definition) is 6. The molecule has 0 aliphatic carbocycles. The highest BCUT2D eigenvalue weighted by molar-refractivity contribution is 8.00. The Morgan fingerprint density at radius 3 is 2.30 bits per heavy atom. The van der Waals surface area contributed by atoms with Gasteiger partial charge in [-0.15, -0.1) is 11.8 Å². The molecule has 3 amide bonds. The third-order valence-electron chi connectivity index (χ3n) is 6.72.